The van der Waals surface area contributed by atoms with Crippen LogP contribution in [0.25, 0.3) is 0 Å². The van der Waals surface area contributed by atoms with Crippen molar-refractivity contribution in [1.82, 2.24) is 0 Å². The van der Waals surface area contributed by atoms with Gasteiger partial charge in [0, 0.05) is 29.8 Å². The van der Waals surface area contributed by atoms with E-state index in [-0.39, 0.29) is 29.0 Å². The van der Waals surface area contributed by atoms with E-state index < -0.39 is 5.97 Å². The number of aryl methyl sites for hydroxylation is 2. The van der Waals surface area contributed by atoms with Crippen molar-refractivity contribution in [2.45, 2.75) is 25.7 Å². The monoisotopic (exact) mass is 414 g/mol. The molecule has 0 unspecified atom stereocenters. The molecule has 3 N–H and O–H groups in total. The van der Waals surface area contributed by atoms with Gasteiger partial charge in [0.15, 0.2) is 5.78 Å². The topological polar surface area (TPSA) is 113 Å². The number of aromatic carboxylic acids is 1. The van der Waals surface area contributed by atoms with Crippen LogP contribution in [0.15, 0.2) is 36.4 Å². The summed E-state index contributed by atoms with van der Waals surface area (Å²) in [5.41, 5.74) is 4.30. The van der Waals surface area contributed by atoms with E-state index in [4.69, 9.17) is 16.7 Å². The number of carbonyl (C=O) groups excluding carboxylic acids is 3. The number of amides is 2. The number of carbonyl (C=O) groups is 4. The highest BCUT2D eigenvalue weighted by Gasteiger charge is 2.17. The van der Waals surface area contributed by atoms with Crippen LogP contribution in [0.5, 0.6) is 0 Å². The van der Waals surface area contributed by atoms with Gasteiger partial charge < -0.3 is 15.7 Å². The Hall–Kier alpha value is -3.19. The van der Waals surface area contributed by atoms with Gasteiger partial charge in [-0.3, -0.25) is 14.4 Å². The molecule has 0 fully saturated rings. The number of ketones is 1. The van der Waals surface area contributed by atoms with E-state index in [2.05, 4.69) is 10.6 Å². The van der Waals surface area contributed by atoms with Crippen LogP contribution in [0.1, 0.15) is 44.7 Å². The number of benzene rings is 2. The van der Waals surface area contributed by atoms with Crippen LogP contribution in [0.4, 0.5) is 11.4 Å². The van der Waals surface area contributed by atoms with Crippen molar-refractivity contribution in [2.24, 2.45) is 0 Å². The lowest BCUT2D eigenvalue weighted by Gasteiger charge is -2.16. The summed E-state index contributed by atoms with van der Waals surface area (Å²) in [6.07, 6.45) is 2.20. The van der Waals surface area contributed by atoms with Crippen LogP contribution >= 0.6 is 11.6 Å². The third-order valence-electron chi connectivity index (χ3n) is 4.69. The summed E-state index contributed by atoms with van der Waals surface area (Å²) in [6, 6.07) is 9.99. The van der Waals surface area contributed by atoms with Gasteiger partial charge in [-0.2, -0.15) is 0 Å². The highest BCUT2D eigenvalue weighted by Crippen LogP contribution is 2.24. The summed E-state index contributed by atoms with van der Waals surface area (Å²) >= 11 is 5.47. The number of anilines is 2. The maximum absolute atomic E-state index is 11.3. The number of nitrogens with one attached hydrogen (secondary N) is 2. The van der Waals surface area contributed by atoms with E-state index in [1.165, 1.54) is 6.07 Å². The molecule has 0 atom stereocenters. The quantitative estimate of drug-likeness (QED) is 0.527. The summed E-state index contributed by atoms with van der Waals surface area (Å²) in [4.78, 5) is 44.1. The molecular formula is C21H19ClN2O5. The third kappa shape index (κ3) is 5.00. The Balaban J connectivity index is 0.000000166. The second kappa shape index (κ2) is 8.87. The SMILES string of the molecule is O=C1CCc2cc(C(=O)CCl)ccc2N1.O=C1CCc2cc(C(=O)O)ccc2N1. The second-order valence-corrected chi connectivity index (χ2v) is 6.97. The van der Waals surface area contributed by atoms with Gasteiger partial charge in [0.2, 0.25) is 11.8 Å². The molecule has 0 aromatic heterocycles. The van der Waals surface area contributed by atoms with Crippen LogP contribution in [0.2, 0.25) is 0 Å². The average molecular weight is 415 g/mol. The number of halogens is 1. The van der Waals surface area contributed by atoms with E-state index >= 15 is 0 Å². The molecule has 8 heteroatoms. The first-order valence-corrected chi connectivity index (χ1v) is 9.59. The third-order valence-corrected chi connectivity index (χ3v) is 4.93. The number of rotatable bonds is 3. The van der Waals surface area contributed by atoms with E-state index in [1.807, 2.05) is 0 Å². The number of hydrogen-bond acceptors (Lipinski definition) is 4. The minimum Gasteiger partial charge on any atom is -0.478 e. The first-order chi connectivity index (χ1) is 13.9. The van der Waals surface area contributed by atoms with Crippen LogP contribution in [-0.4, -0.2) is 34.6 Å². The van der Waals surface area contributed by atoms with E-state index in [1.54, 1.807) is 30.3 Å². The Morgan fingerprint density at radius 2 is 1.31 bits per heavy atom. The molecule has 0 radical (unpaired) electrons. The predicted octanol–water partition coefficient (Wildman–Crippen LogP) is 3.26. The summed E-state index contributed by atoms with van der Waals surface area (Å²) in [7, 11) is 0. The lowest BCUT2D eigenvalue weighted by atomic mass is 9.99. The molecule has 0 saturated heterocycles. The van der Waals surface area contributed by atoms with Gasteiger partial charge in [-0.1, -0.05) is 0 Å². The van der Waals surface area contributed by atoms with Gasteiger partial charge in [0.25, 0.3) is 0 Å². The zero-order valence-corrected chi connectivity index (χ0v) is 16.2. The molecule has 0 aliphatic carbocycles. The van der Waals surface area contributed by atoms with Gasteiger partial charge in [-0.25, -0.2) is 4.79 Å². The molecule has 2 aliphatic rings. The van der Waals surface area contributed by atoms with Gasteiger partial charge >= 0.3 is 5.97 Å². The molecule has 0 spiro atoms. The first kappa shape index (κ1) is 20.5. The van der Waals surface area contributed by atoms with E-state index in [0.717, 1.165) is 22.5 Å². The van der Waals surface area contributed by atoms with E-state index in [0.29, 0.717) is 31.2 Å². The Labute approximate surface area is 172 Å². The van der Waals surface area contributed by atoms with Crippen LogP contribution in [-0.2, 0) is 22.4 Å². The van der Waals surface area contributed by atoms with Gasteiger partial charge in [-0.05, 0) is 60.4 Å². The lowest BCUT2D eigenvalue weighted by molar-refractivity contribution is -0.117. The lowest BCUT2D eigenvalue weighted by Crippen LogP contribution is -2.19. The van der Waals surface area contributed by atoms with Gasteiger partial charge in [0.1, 0.15) is 0 Å². The van der Waals surface area contributed by atoms with Crippen LogP contribution in [0.3, 0.4) is 0 Å². The fourth-order valence-electron chi connectivity index (χ4n) is 3.15. The first-order valence-electron chi connectivity index (χ1n) is 9.05. The summed E-state index contributed by atoms with van der Waals surface area (Å²) in [6.45, 7) is 0. The van der Waals surface area contributed by atoms with Crippen molar-refractivity contribution in [3.05, 3.63) is 58.7 Å². The highest BCUT2D eigenvalue weighted by molar-refractivity contribution is 6.30. The molecule has 0 bridgehead atoms. The van der Waals surface area contributed by atoms with Gasteiger partial charge in [0.05, 0.1) is 11.4 Å². The van der Waals surface area contributed by atoms with Crippen molar-refractivity contribution in [3.63, 3.8) is 0 Å². The fourth-order valence-corrected chi connectivity index (χ4v) is 3.30. The summed E-state index contributed by atoms with van der Waals surface area (Å²) in [5.74, 6) is -1.02. The summed E-state index contributed by atoms with van der Waals surface area (Å²) < 4.78 is 0. The maximum atomic E-state index is 11.3. The average Bonchev–Trinajstić information content (AvgIpc) is 2.72. The smallest absolute Gasteiger partial charge is 0.335 e. The molecule has 2 heterocycles. The normalized spacial score (nSPS) is 14.4. The second-order valence-electron chi connectivity index (χ2n) is 6.70. The Morgan fingerprint density at radius 1 is 0.828 bits per heavy atom. The standard InChI is InChI=1S/C11H10ClNO2.C10H9NO3/c12-6-10(14)8-1-3-9-7(5-8)2-4-11(15)13-9;12-9-4-2-6-5-7(10(13)14)1-3-8(6)11-9/h1,3,5H,2,4,6H2,(H,13,15);1,3,5H,2,4H2,(H,11,12)(H,13,14). The van der Waals surface area contributed by atoms with Crippen molar-refractivity contribution >= 4 is 46.5 Å². The van der Waals surface area contributed by atoms with Crippen molar-refractivity contribution < 1.29 is 24.3 Å². The molecule has 2 aromatic carbocycles. The van der Waals surface area contributed by atoms with Crippen molar-refractivity contribution in [1.29, 1.82) is 0 Å². The van der Waals surface area contributed by atoms with E-state index in [9.17, 15) is 19.2 Å². The van der Waals surface area contributed by atoms with Crippen LogP contribution in [0, 0.1) is 0 Å². The largest absolute Gasteiger partial charge is 0.478 e. The molecule has 0 saturated carbocycles. The molecule has 7 nitrogen and oxygen atoms in total. The molecular weight excluding hydrogens is 396 g/mol. The zero-order chi connectivity index (χ0) is 21.0. The predicted molar refractivity (Wildman–Crippen MR) is 109 cm³/mol. The minimum absolute atomic E-state index is 0.00878. The Kier molecular flexibility index (Phi) is 6.29. The van der Waals surface area contributed by atoms with Crippen LogP contribution < -0.4 is 10.6 Å². The number of alkyl halides is 1. The number of carboxylic acids is 1. The fraction of sp³-hybridized carbons (Fsp3) is 0.238. The summed E-state index contributed by atoms with van der Waals surface area (Å²) in [5, 5.41) is 14.2. The minimum atomic E-state index is -0.940. The molecule has 150 valence electrons. The number of hydrogen-bond donors (Lipinski definition) is 3. The number of carboxylic acid groups (broad SMARTS) is 1. The zero-order valence-electron chi connectivity index (χ0n) is 15.5. The number of fused-ring (bicyclic) bond motifs is 2. The van der Waals surface area contributed by atoms with Gasteiger partial charge in [-0.15, -0.1) is 11.6 Å². The molecule has 2 aliphatic heterocycles. The van der Waals surface area contributed by atoms with Crippen molar-refractivity contribution in [3.8, 4) is 0 Å². The number of Topliss-reactive ketones (excluding diaryl/α,β-unsaturated/α-hetero) is 1. The molecule has 2 aromatic rings. The Morgan fingerprint density at radius 3 is 1.79 bits per heavy atom. The molecule has 29 heavy (non-hydrogen) atoms. The highest BCUT2D eigenvalue weighted by atomic mass is 35.5. The maximum Gasteiger partial charge on any atom is 0.335 e. The molecule has 2 amide bonds. The molecule has 4 rings (SSSR count). The Bertz CT molecular complexity index is 1000. The van der Waals surface area contributed by atoms with Crippen molar-refractivity contribution in [2.75, 3.05) is 16.5 Å².